The summed E-state index contributed by atoms with van der Waals surface area (Å²) in [6.07, 6.45) is 2.05. The first-order chi connectivity index (χ1) is 8.56. The number of hydrogen-bond acceptors (Lipinski definition) is 2. The van der Waals surface area contributed by atoms with Gasteiger partial charge in [0.1, 0.15) is 5.82 Å². The minimum absolute atomic E-state index is 0.163. The lowest BCUT2D eigenvalue weighted by atomic mass is 9.93. The molecule has 1 heterocycles. The maximum Gasteiger partial charge on any atom is 0.123 e. The molecule has 3 heteroatoms. The Balaban J connectivity index is 1.91. The van der Waals surface area contributed by atoms with E-state index in [1.165, 1.54) is 17.7 Å². The van der Waals surface area contributed by atoms with Crippen molar-refractivity contribution in [3.63, 3.8) is 0 Å². The molecule has 0 aromatic heterocycles. The average Bonchev–Trinajstić information content (AvgIpc) is 2.35. The number of nitrogens with two attached hydrogens (primary N) is 1. The third kappa shape index (κ3) is 3.30. The molecule has 1 aromatic carbocycles. The first-order valence-electron chi connectivity index (χ1n) is 6.80. The third-order valence-corrected chi connectivity index (χ3v) is 4.07. The molecule has 3 unspecified atom stereocenters. The third-order valence-electron chi connectivity index (χ3n) is 4.07. The minimum atomic E-state index is -0.163. The van der Waals surface area contributed by atoms with Crippen LogP contribution in [0.15, 0.2) is 24.3 Å². The number of likely N-dealkylation sites (tertiary alicyclic amines) is 1. The fourth-order valence-electron chi connectivity index (χ4n) is 2.69. The normalized spacial score (nSPS) is 27.1. The second kappa shape index (κ2) is 5.81. The molecule has 0 saturated carbocycles. The summed E-state index contributed by atoms with van der Waals surface area (Å²) in [6.45, 7) is 6.62. The zero-order valence-electron chi connectivity index (χ0n) is 11.3. The Morgan fingerprint density at radius 3 is 2.67 bits per heavy atom. The van der Waals surface area contributed by atoms with Gasteiger partial charge in [-0.25, -0.2) is 4.39 Å². The maximum atomic E-state index is 12.8. The molecule has 18 heavy (non-hydrogen) atoms. The lowest BCUT2D eigenvalue weighted by Crippen LogP contribution is -2.49. The molecular weight excluding hydrogens is 227 g/mol. The van der Waals surface area contributed by atoms with E-state index < -0.39 is 0 Å². The highest BCUT2D eigenvalue weighted by atomic mass is 19.1. The fraction of sp³-hybridized carbons (Fsp3) is 0.600. The van der Waals surface area contributed by atoms with Gasteiger partial charge < -0.3 is 5.73 Å². The zero-order chi connectivity index (χ0) is 13.1. The summed E-state index contributed by atoms with van der Waals surface area (Å²) < 4.78 is 12.8. The van der Waals surface area contributed by atoms with Crippen molar-refractivity contribution < 1.29 is 4.39 Å². The molecule has 2 nitrogen and oxygen atoms in total. The zero-order valence-corrected chi connectivity index (χ0v) is 11.3. The van der Waals surface area contributed by atoms with Crippen LogP contribution in [-0.2, 0) is 6.42 Å². The maximum absolute atomic E-state index is 12.8. The van der Waals surface area contributed by atoms with Crippen LogP contribution in [-0.4, -0.2) is 30.1 Å². The van der Waals surface area contributed by atoms with Crippen molar-refractivity contribution in [2.75, 3.05) is 13.1 Å². The summed E-state index contributed by atoms with van der Waals surface area (Å²) in [5.74, 6) is 0.401. The SMILES string of the molecule is CC1CN(C(C)Cc2ccc(F)cc2)CCC1N. The number of hydrogen-bond donors (Lipinski definition) is 1. The van der Waals surface area contributed by atoms with Gasteiger partial charge in [0.2, 0.25) is 0 Å². The molecule has 0 amide bonds. The topological polar surface area (TPSA) is 29.3 Å². The monoisotopic (exact) mass is 250 g/mol. The van der Waals surface area contributed by atoms with E-state index in [1.807, 2.05) is 12.1 Å². The van der Waals surface area contributed by atoms with E-state index in [9.17, 15) is 4.39 Å². The molecule has 2 N–H and O–H groups in total. The highest BCUT2D eigenvalue weighted by Gasteiger charge is 2.25. The molecule has 100 valence electrons. The highest BCUT2D eigenvalue weighted by Crippen LogP contribution is 2.19. The van der Waals surface area contributed by atoms with Gasteiger partial charge in [-0.3, -0.25) is 4.90 Å². The summed E-state index contributed by atoms with van der Waals surface area (Å²) in [4.78, 5) is 2.50. The van der Waals surface area contributed by atoms with Crippen LogP contribution in [0.25, 0.3) is 0 Å². The van der Waals surface area contributed by atoms with Gasteiger partial charge in [-0.05, 0) is 49.9 Å². The van der Waals surface area contributed by atoms with E-state index in [2.05, 4.69) is 18.7 Å². The van der Waals surface area contributed by atoms with Crippen molar-refractivity contribution in [2.45, 2.75) is 38.8 Å². The van der Waals surface area contributed by atoms with Gasteiger partial charge in [0.15, 0.2) is 0 Å². The van der Waals surface area contributed by atoms with Crippen LogP contribution in [0.5, 0.6) is 0 Å². The molecule has 1 saturated heterocycles. The first-order valence-corrected chi connectivity index (χ1v) is 6.80. The molecule has 0 spiro atoms. The van der Waals surface area contributed by atoms with E-state index in [0.717, 1.165) is 25.9 Å². The summed E-state index contributed by atoms with van der Waals surface area (Å²) in [5, 5.41) is 0. The van der Waals surface area contributed by atoms with Gasteiger partial charge in [-0.1, -0.05) is 19.1 Å². The summed E-state index contributed by atoms with van der Waals surface area (Å²) in [7, 11) is 0. The van der Waals surface area contributed by atoms with Crippen molar-refractivity contribution >= 4 is 0 Å². The molecule has 1 aliphatic rings. The summed E-state index contributed by atoms with van der Waals surface area (Å²) in [6, 6.07) is 7.67. The van der Waals surface area contributed by atoms with Gasteiger partial charge in [0, 0.05) is 18.6 Å². The smallest absolute Gasteiger partial charge is 0.123 e. The van der Waals surface area contributed by atoms with Crippen LogP contribution < -0.4 is 5.73 Å². The molecule has 1 fully saturated rings. The molecule has 0 radical (unpaired) electrons. The van der Waals surface area contributed by atoms with Gasteiger partial charge in [0.05, 0.1) is 0 Å². The molecule has 1 aromatic rings. The van der Waals surface area contributed by atoms with Gasteiger partial charge in [-0.2, -0.15) is 0 Å². The minimum Gasteiger partial charge on any atom is -0.327 e. The molecule has 0 bridgehead atoms. The predicted octanol–water partition coefficient (Wildman–Crippen LogP) is 2.43. The van der Waals surface area contributed by atoms with Crippen molar-refractivity contribution in [1.82, 2.24) is 4.90 Å². The number of benzene rings is 1. The van der Waals surface area contributed by atoms with E-state index >= 15 is 0 Å². The Labute approximate surface area is 109 Å². The van der Waals surface area contributed by atoms with Crippen molar-refractivity contribution in [3.05, 3.63) is 35.6 Å². The number of halogens is 1. The second-order valence-electron chi connectivity index (χ2n) is 5.60. The fourth-order valence-corrected chi connectivity index (χ4v) is 2.69. The van der Waals surface area contributed by atoms with Crippen molar-refractivity contribution in [3.8, 4) is 0 Å². The van der Waals surface area contributed by atoms with Crippen LogP contribution >= 0.6 is 0 Å². The van der Waals surface area contributed by atoms with E-state index in [-0.39, 0.29) is 5.82 Å². The van der Waals surface area contributed by atoms with Crippen molar-refractivity contribution in [1.29, 1.82) is 0 Å². The Bertz CT molecular complexity index is 377. The van der Waals surface area contributed by atoms with E-state index in [4.69, 9.17) is 5.73 Å². The van der Waals surface area contributed by atoms with E-state index in [1.54, 1.807) is 0 Å². The predicted molar refractivity (Wildman–Crippen MR) is 72.9 cm³/mol. The molecule has 3 atom stereocenters. The highest BCUT2D eigenvalue weighted by molar-refractivity contribution is 5.17. The Morgan fingerprint density at radius 2 is 2.06 bits per heavy atom. The molecule has 2 rings (SSSR count). The quantitative estimate of drug-likeness (QED) is 0.892. The number of rotatable bonds is 3. The van der Waals surface area contributed by atoms with Crippen LogP contribution in [0.1, 0.15) is 25.8 Å². The Morgan fingerprint density at radius 1 is 1.39 bits per heavy atom. The Hall–Kier alpha value is -0.930. The molecule has 1 aliphatic heterocycles. The summed E-state index contributed by atoms with van der Waals surface area (Å²) >= 11 is 0. The number of nitrogens with zero attached hydrogens (tertiary/aromatic N) is 1. The van der Waals surface area contributed by atoms with Gasteiger partial charge >= 0.3 is 0 Å². The van der Waals surface area contributed by atoms with Crippen molar-refractivity contribution in [2.24, 2.45) is 11.7 Å². The number of piperidine rings is 1. The second-order valence-corrected chi connectivity index (χ2v) is 5.60. The first kappa shape index (κ1) is 13.5. The average molecular weight is 250 g/mol. The summed E-state index contributed by atoms with van der Waals surface area (Å²) in [5.41, 5.74) is 7.24. The van der Waals surface area contributed by atoms with Gasteiger partial charge in [0.25, 0.3) is 0 Å². The standard InChI is InChI=1S/C15H23FN2/c1-11-10-18(8-7-15(11)17)12(2)9-13-3-5-14(16)6-4-13/h3-6,11-12,15H,7-10,17H2,1-2H3. The lowest BCUT2D eigenvalue weighted by Gasteiger charge is -2.38. The van der Waals surface area contributed by atoms with Crippen LogP contribution in [0.3, 0.4) is 0 Å². The van der Waals surface area contributed by atoms with Crippen LogP contribution in [0.4, 0.5) is 4.39 Å². The van der Waals surface area contributed by atoms with E-state index in [0.29, 0.717) is 18.0 Å². The lowest BCUT2D eigenvalue weighted by molar-refractivity contribution is 0.123. The van der Waals surface area contributed by atoms with Crippen LogP contribution in [0, 0.1) is 11.7 Å². The Kier molecular flexibility index (Phi) is 4.36. The largest absolute Gasteiger partial charge is 0.327 e. The van der Waals surface area contributed by atoms with Gasteiger partial charge in [-0.15, -0.1) is 0 Å². The molecule has 0 aliphatic carbocycles. The molecular formula is C15H23FN2. The van der Waals surface area contributed by atoms with Crippen LogP contribution in [0.2, 0.25) is 0 Å².